The second-order valence-corrected chi connectivity index (χ2v) is 14.2. The van der Waals surface area contributed by atoms with Gasteiger partial charge in [-0.1, -0.05) is 44.0 Å². The second kappa shape index (κ2) is 10.5. The second-order valence-electron chi connectivity index (χ2n) is 13.7. The average molecular weight is 614 g/mol. The first kappa shape index (κ1) is 30.5. The van der Waals surface area contributed by atoms with Gasteiger partial charge in [0.2, 0.25) is 6.23 Å². The number of hydrogen-bond acceptors (Lipinski definition) is 8. The van der Waals surface area contributed by atoms with Gasteiger partial charge in [-0.2, -0.15) is 5.06 Å². The molecule has 7 rings (SSSR count). The molecule has 1 amide bonds. The van der Waals surface area contributed by atoms with Crippen molar-refractivity contribution in [2.45, 2.75) is 83.8 Å². The van der Waals surface area contributed by atoms with Crippen LogP contribution < -0.4 is 4.74 Å². The summed E-state index contributed by atoms with van der Waals surface area (Å²) in [5.41, 5.74) is -1.13. The lowest BCUT2D eigenvalue weighted by Gasteiger charge is -2.60. The molecule has 0 aromatic heterocycles. The maximum atomic E-state index is 12.4. The van der Waals surface area contributed by atoms with Crippen molar-refractivity contribution in [2.24, 2.45) is 34.5 Å². The van der Waals surface area contributed by atoms with Gasteiger partial charge in [-0.3, -0.25) is 19.2 Å². The number of amides is 1. The van der Waals surface area contributed by atoms with Gasteiger partial charge < -0.3 is 20.1 Å². The quantitative estimate of drug-likeness (QED) is 0.455. The zero-order valence-electron chi connectivity index (χ0n) is 25.0. The van der Waals surface area contributed by atoms with Crippen molar-refractivity contribution in [3.8, 4) is 5.75 Å². The molecule has 1 aromatic rings. The van der Waals surface area contributed by atoms with Crippen LogP contribution in [0.3, 0.4) is 0 Å². The molecule has 4 aliphatic carbocycles. The predicted molar refractivity (Wildman–Crippen MR) is 157 cm³/mol. The summed E-state index contributed by atoms with van der Waals surface area (Å²) >= 11 is 5.85. The SMILES string of the molecule is CC1CC2Oc3ccc(Cl)cc3C(=O)N2O1.C[C@H]1C[C@@H]2[C@H]([C@@H](O)C[C@@]3(C)[C@H]2CC[C@]3(O)C(=O)CO)[C@@]2(C)C=CC(=O)C=C12. The normalized spacial score (nSPS) is 42.4. The summed E-state index contributed by atoms with van der Waals surface area (Å²) in [6, 6.07) is 5.03. The van der Waals surface area contributed by atoms with Gasteiger partial charge in [0, 0.05) is 28.2 Å². The highest BCUT2D eigenvalue weighted by molar-refractivity contribution is 6.31. The zero-order valence-corrected chi connectivity index (χ0v) is 25.7. The van der Waals surface area contributed by atoms with E-state index in [1.54, 1.807) is 30.4 Å². The number of rotatable bonds is 2. The van der Waals surface area contributed by atoms with Crippen LogP contribution in [-0.4, -0.2) is 68.5 Å². The Kier molecular flexibility index (Phi) is 7.45. The van der Waals surface area contributed by atoms with Gasteiger partial charge in [-0.25, -0.2) is 0 Å². The van der Waals surface area contributed by atoms with E-state index >= 15 is 0 Å². The number of hydroxylamine groups is 2. The molecule has 0 radical (unpaired) electrons. The summed E-state index contributed by atoms with van der Waals surface area (Å²) in [6.07, 6.45) is 7.25. The average Bonchev–Trinajstić information content (AvgIpc) is 3.46. The van der Waals surface area contributed by atoms with Crippen molar-refractivity contribution in [3.05, 3.63) is 52.6 Å². The van der Waals surface area contributed by atoms with Crippen LogP contribution in [0.4, 0.5) is 0 Å². The fraction of sp³-hybridized carbons (Fsp3) is 0.606. The molecule has 3 saturated carbocycles. The number of ketones is 2. The maximum Gasteiger partial charge on any atom is 0.284 e. The standard InChI is InChI=1S/C22H30O5.C11H10ClNO3/c1-12-8-14-15-5-7-22(27,18(26)11-23)21(15,3)10-17(25)19(14)20(2)6-4-13(24)9-16(12)20;1-6-4-10-13(16-6)11(14)8-5-7(12)2-3-9(8)15-10/h4,6,9,12,14-15,17,19,23,25,27H,5,7-8,10-11H2,1-3H3;2-3,5-6,10H,4H2,1H3/t12-,14-,15-,17-,19+,20-,21-,22-;/m0./s1. The van der Waals surface area contributed by atoms with Gasteiger partial charge in [-0.05, 0) is 80.7 Å². The molecule has 1 saturated heterocycles. The molecular weight excluding hydrogens is 574 g/mol. The molecule has 43 heavy (non-hydrogen) atoms. The lowest BCUT2D eigenvalue weighted by molar-refractivity contribution is -0.180. The molecule has 2 unspecified atom stereocenters. The Balaban J connectivity index is 0.000000174. The number of hydrogen-bond donors (Lipinski definition) is 3. The van der Waals surface area contributed by atoms with Crippen LogP contribution in [0.15, 0.2) is 42.0 Å². The molecule has 3 N–H and O–H groups in total. The molecule has 10 heteroatoms. The summed E-state index contributed by atoms with van der Waals surface area (Å²) < 4.78 is 5.67. The number of Topliss-reactive ketones (excluding diaryl/α,β-unsaturated/α-hetero) is 1. The number of carbonyl (C=O) groups excluding carboxylic acids is 3. The molecule has 10 atom stereocenters. The third-order valence-corrected chi connectivity index (χ3v) is 11.5. The molecule has 6 aliphatic rings. The van der Waals surface area contributed by atoms with Crippen LogP contribution in [0.1, 0.15) is 70.2 Å². The molecule has 1 aromatic carbocycles. The summed E-state index contributed by atoms with van der Waals surface area (Å²) in [5, 5.41) is 33.7. The lowest BCUT2D eigenvalue weighted by atomic mass is 9.45. The zero-order chi connectivity index (χ0) is 31.1. The largest absolute Gasteiger partial charge is 0.467 e. The van der Waals surface area contributed by atoms with E-state index in [9.17, 15) is 29.7 Å². The molecule has 232 valence electrons. The Hall–Kier alpha value is -2.56. The molecule has 2 aliphatic heterocycles. The van der Waals surface area contributed by atoms with Crippen molar-refractivity contribution in [1.82, 2.24) is 5.06 Å². The number of aliphatic hydroxyl groups is 3. The first-order valence-corrected chi connectivity index (χ1v) is 15.6. The summed E-state index contributed by atoms with van der Waals surface area (Å²) in [5.74, 6) is 0.318. The van der Waals surface area contributed by atoms with Crippen LogP contribution in [0.2, 0.25) is 5.02 Å². The van der Waals surface area contributed by atoms with E-state index in [4.69, 9.17) is 21.2 Å². The van der Waals surface area contributed by atoms with Crippen molar-refractivity contribution in [3.63, 3.8) is 0 Å². The number of fused-ring (bicyclic) bond motifs is 7. The number of allylic oxidation sites excluding steroid dienone is 4. The van der Waals surface area contributed by atoms with E-state index in [2.05, 4.69) is 13.8 Å². The highest BCUT2D eigenvalue weighted by Gasteiger charge is 2.68. The minimum atomic E-state index is -1.57. The number of nitrogens with zero attached hydrogens (tertiary/aromatic N) is 1. The monoisotopic (exact) mass is 613 g/mol. The Labute approximate surface area is 256 Å². The third-order valence-electron chi connectivity index (χ3n) is 11.3. The van der Waals surface area contributed by atoms with Gasteiger partial charge in [0.25, 0.3) is 5.91 Å². The van der Waals surface area contributed by atoms with Crippen molar-refractivity contribution < 1.29 is 39.3 Å². The molecule has 2 heterocycles. The number of ether oxygens (including phenoxy) is 1. The molecule has 9 nitrogen and oxygen atoms in total. The molecule has 4 fully saturated rings. The van der Waals surface area contributed by atoms with E-state index < -0.39 is 29.5 Å². The maximum absolute atomic E-state index is 12.4. The van der Waals surface area contributed by atoms with Crippen molar-refractivity contribution in [2.75, 3.05) is 6.61 Å². The van der Waals surface area contributed by atoms with Crippen LogP contribution in [-0.2, 0) is 14.4 Å². The first-order valence-electron chi connectivity index (χ1n) is 15.2. The Bertz CT molecular complexity index is 1430. The summed E-state index contributed by atoms with van der Waals surface area (Å²) in [4.78, 5) is 41.8. The van der Waals surface area contributed by atoms with E-state index in [-0.39, 0.29) is 53.1 Å². The van der Waals surface area contributed by atoms with Crippen LogP contribution in [0.25, 0.3) is 0 Å². The fourth-order valence-electron chi connectivity index (χ4n) is 9.34. The van der Waals surface area contributed by atoms with E-state index in [0.717, 1.165) is 18.4 Å². The summed E-state index contributed by atoms with van der Waals surface area (Å²) in [6.45, 7) is 7.39. The van der Waals surface area contributed by atoms with E-state index in [1.165, 1.54) is 5.06 Å². The van der Waals surface area contributed by atoms with Gasteiger partial charge in [0.15, 0.2) is 11.6 Å². The van der Waals surface area contributed by atoms with Crippen molar-refractivity contribution in [1.29, 1.82) is 0 Å². The smallest absolute Gasteiger partial charge is 0.284 e. The highest BCUT2D eigenvalue weighted by atomic mass is 35.5. The van der Waals surface area contributed by atoms with Gasteiger partial charge in [-0.15, -0.1) is 0 Å². The number of carbonyl (C=O) groups is 3. The minimum absolute atomic E-state index is 0.00117. The van der Waals surface area contributed by atoms with Crippen molar-refractivity contribution >= 4 is 29.1 Å². The van der Waals surface area contributed by atoms with Crippen LogP contribution >= 0.6 is 11.6 Å². The Morgan fingerprint density at radius 2 is 1.93 bits per heavy atom. The number of halogens is 1. The fourth-order valence-corrected chi connectivity index (χ4v) is 9.51. The Morgan fingerprint density at radius 3 is 2.65 bits per heavy atom. The topological polar surface area (TPSA) is 134 Å². The minimum Gasteiger partial charge on any atom is -0.467 e. The summed E-state index contributed by atoms with van der Waals surface area (Å²) in [7, 11) is 0. The van der Waals surface area contributed by atoms with Crippen LogP contribution in [0.5, 0.6) is 5.75 Å². The number of aliphatic hydroxyl groups excluding tert-OH is 2. The first-order chi connectivity index (χ1) is 20.2. The Morgan fingerprint density at radius 1 is 1.19 bits per heavy atom. The molecule has 0 spiro atoms. The third kappa shape index (κ3) is 4.53. The van der Waals surface area contributed by atoms with Crippen LogP contribution in [0, 0.1) is 34.5 Å². The van der Waals surface area contributed by atoms with Gasteiger partial charge in [0.1, 0.15) is 18.0 Å². The van der Waals surface area contributed by atoms with E-state index in [1.807, 2.05) is 19.9 Å². The highest BCUT2D eigenvalue weighted by Crippen LogP contribution is 2.67. The van der Waals surface area contributed by atoms with Gasteiger partial charge >= 0.3 is 0 Å². The van der Waals surface area contributed by atoms with Gasteiger partial charge in [0.05, 0.1) is 17.8 Å². The molecular formula is C33H40ClNO8. The number of benzene rings is 1. The predicted octanol–water partition coefficient (Wildman–Crippen LogP) is 4.03. The van der Waals surface area contributed by atoms with E-state index in [0.29, 0.717) is 35.6 Å². The lowest BCUT2D eigenvalue weighted by Crippen LogP contribution is -2.62. The molecule has 0 bridgehead atoms.